The third-order valence-electron chi connectivity index (χ3n) is 3.65. The smallest absolute Gasteiger partial charge is 0.250 e. The standard InChI is InChI=1S/C15H26O4Si/c1-15(2,3)20(6,7)19-12-8-9-13(18-11-16-4)14(10-12)17-5/h8-10H,11H2,1-7H3. The van der Waals surface area contributed by atoms with Crippen molar-refractivity contribution in [3.05, 3.63) is 18.2 Å². The van der Waals surface area contributed by atoms with Crippen molar-refractivity contribution in [3.8, 4) is 17.2 Å². The average Bonchev–Trinajstić information content (AvgIpc) is 2.35. The molecule has 0 amide bonds. The molecule has 1 aromatic carbocycles. The Balaban J connectivity index is 2.93. The molecule has 0 spiro atoms. The summed E-state index contributed by atoms with van der Waals surface area (Å²) >= 11 is 0. The number of rotatable bonds is 6. The number of methoxy groups -OCH3 is 2. The highest BCUT2D eigenvalue weighted by Gasteiger charge is 2.39. The molecule has 0 N–H and O–H groups in total. The highest BCUT2D eigenvalue weighted by atomic mass is 28.4. The summed E-state index contributed by atoms with van der Waals surface area (Å²) in [6, 6.07) is 5.62. The van der Waals surface area contributed by atoms with Crippen molar-refractivity contribution in [2.45, 2.75) is 38.9 Å². The summed E-state index contributed by atoms with van der Waals surface area (Å²) in [7, 11) is 1.36. The van der Waals surface area contributed by atoms with E-state index in [0.29, 0.717) is 11.5 Å². The highest BCUT2D eigenvalue weighted by Crippen LogP contribution is 2.39. The summed E-state index contributed by atoms with van der Waals surface area (Å²) in [6.45, 7) is 11.3. The van der Waals surface area contributed by atoms with E-state index in [2.05, 4.69) is 33.9 Å². The molecule has 1 rings (SSSR count). The van der Waals surface area contributed by atoms with Crippen molar-refractivity contribution < 1.29 is 18.6 Å². The number of hydrogen-bond donors (Lipinski definition) is 0. The van der Waals surface area contributed by atoms with Crippen LogP contribution < -0.4 is 13.9 Å². The van der Waals surface area contributed by atoms with Gasteiger partial charge in [0.15, 0.2) is 18.3 Å². The zero-order valence-electron chi connectivity index (χ0n) is 13.6. The van der Waals surface area contributed by atoms with Gasteiger partial charge in [-0.05, 0) is 30.3 Å². The average molecular weight is 298 g/mol. The van der Waals surface area contributed by atoms with Gasteiger partial charge in [0.05, 0.1) is 7.11 Å². The van der Waals surface area contributed by atoms with Crippen LogP contribution in [0, 0.1) is 0 Å². The molecular weight excluding hydrogens is 272 g/mol. The van der Waals surface area contributed by atoms with Gasteiger partial charge in [0.2, 0.25) is 8.32 Å². The van der Waals surface area contributed by atoms with Crippen LogP contribution in [0.4, 0.5) is 0 Å². The zero-order valence-corrected chi connectivity index (χ0v) is 14.6. The molecule has 4 nitrogen and oxygen atoms in total. The van der Waals surface area contributed by atoms with Crippen LogP contribution in [0.15, 0.2) is 18.2 Å². The predicted molar refractivity (Wildman–Crippen MR) is 83.3 cm³/mol. The minimum Gasteiger partial charge on any atom is -0.543 e. The molecule has 0 saturated carbocycles. The first-order chi connectivity index (χ1) is 9.21. The Kier molecular flexibility index (Phi) is 5.47. The van der Waals surface area contributed by atoms with Crippen LogP contribution in [0.1, 0.15) is 20.8 Å². The Morgan fingerprint density at radius 3 is 2.20 bits per heavy atom. The van der Waals surface area contributed by atoms with Gasteiger partial charge in [-0.2, -0.15) is 0 Å². The van der Waals surface area contributed by atoms with Crippen molar-refractivity contribution in [2.75, 3.05) is 21.0 Å². The van der Waals surface area contributed by atoms with Crippen LogP contribution in [-0.2, 0) is 4.74 Å². The van der Waals surface area contributed by atoms with E-state index in [4.69, 9.17) is 18.6 Å². The third-order valence-corrected chi connectivity index (χ3v) is 8.00. The molecule has 0 bridgehead atoms. The van der Waals surface area contributed by atoms with E-state index in [1.54, 1.807) is 14.2 Å². The summed E-state index contributed by atoms with van der Waals surface area (Å²) in [5.74, 6) is 2.12. The van der Waals surface area contributed by atoms with Gasteiger partial charge in [0.25, 0.3) is 0 Å². The number of hydrogen-bond acceptors (Lipinski definition) is 4. The topological polar surface area (TPSA) is 36.9 Å². The molecule has 0 radical (unpaired) electrons. The molecule has 0 aromatic heterocycles. The molecule has 114 valence electrons. The van der Waals surface area contributed by atoms with Crippen LogP contribution in [0.5, 0.6) is 17.2 Å². The van der Waals surface area contributed by atoms with E-state index >= 15 is 0 Å². The Hall–Kier alpha value is -1.20. The maximum Gasteiger partial charge on any atom is 0.250 e. The van der Waals surface area contributed by atoms with Gasteiger partial charge in [-0.3, -0.25) is 0 Å². The van der Waals surface area contributed by atoms with Crippen LogP contribution in [0.2, 0.25) is 18.1 Å². The SMILES string of the molecule is COCOc1ccc(O[Si](C)(C)C(C)(C)C)cc1OC. The van der Waals surface area contributed by atoms with E-state index in [9.17, 15) is 0 Å². The van der Waals surface area contributed by atoms with Crippen LogP contribution in [0.3, 0.4) is 0 Å². The number of benzene rings is 1. The van der Waals surface area contributed by atoms with Crippen LogP contribution >= 0.6 is 0 Å². The molecular formula is C15H26O4Si. The summed E-state index contributed by atoms with van der Waals surface area (Å²) in [5, 5.41) is 0.158. The Morgan fingerprint density at radius 1 is 1.05 bits per heavy atom. The second-order valence-corrected chi connectivity index (χ2v) is 11.0. The molecule has 0 aliphatic heterocycles. The second kappa shape index (κ2) is 6.50. The molecule has 0 heterocycles. The first-order valence-electron chi connectivity index (χ1n) is 6.70. The lowest BCUT2D eigenvalue weighted by atomic mass is 10.2. The van der Waals surface area contributed by atoms with Gasteiger partial charge < -0.3 is 18.6 Å². The number of ether oxygens (including phenoxy) is 3. The van der Waals surface area contributed by atoms with Crippen LogP contribution in [-0.4, -0.2) is 29.3 Å². The van der Waals surface area contributed by atoms with Crippen molar-refractivity contribution in [2.24, 2.45) is 0 Å². The summed E-state index contributed by atoms with van der Waals surface area (Å²) in [5.41, 5.74) is 0. The Bertz CT molecular complexity index is 438. The van der Waals surface area contributed by atoms with Gasteiger partial charge >= 0.3 is 0 Å². The van der Waals surface area contributed by atoms with E-state index in [1.807, 2.05) is 18.2 Å². The fraction of sp³-hybridized carbons (Fsp3) is 0.600. The van der Waals surface area contributed by atoms with E-state index in [-0.39, 0.29) is 11.8 Å². The fourth-order valence-electron chi connectivity index (χ4n) is 1.40. The maximum atomic E-state index is 6.24. The molecule has 1 aromatic rings. The van der Waals surface area contributed by atoms with E-state index < -0.39 is 8.32 Å². The molecule has 0 unspecified atom stereocenters. The van der Waals surface area contributed by atoms with E-state index in [0.717, 1.165) is 5.75 Å². The summed E-state index contributed by atoms with van der Waals surface area (Å²) < 4.78 is 21.9. The minimum atomic E-state index is -1.85. The lowest BCUT2D eigenvalue weighted by Gasteiger charge is -2.36. The quantitative estimate of drug-likeness (QED) is 0.586. The Labute approximate surface area is 123 Å². The fourth-order valence-corrected chi connectivity index (χ4v) is 2.42. The molecule has 0 aliphatic carbocycles. The van der Waals surface area contributed by atoms with Crippen molar-refractivity contribution in [1.29, 1.82) is 0 Å². The molecule has 0 saturated heterocycles. The van der Waals surface area contributed by atoms with Crippen LogP contribution in [0.25, 0.3) is 0 Å². The second-order valence-electron chi connectivity index (χ2n) is 6.23. The van der Waals surface area contributed by atoms with Gasteiger partial charge in [-0.1, -0.05) is 20.8 Å². The van der Waals surface area contributed by atoms with Gasteiger partial charge in [0.1, 0.15) is 5.75 Å². The minimum absolute atomic E-state index is 0.158. The highest BCUT2D eigenvalue weighted by molar-refractivity contribution is 6.74. The third kappa shape index (κ3) is 4.15. The normalized spacial score (nSPS) is 12.2. The lowest BCUT2D eigenvalue weighted by Crippen LogP contribution is -2.43. The largest absolute Gasteiger partial charge is 0.543 e. The predicted octanol–water partition coefficient (Wildman–Crippen LogP) is 4.06. The molecule has 20 heavy (non-hydrogen) atoms. The summed E-state index contributed by atoms with van der Waals surface area (Å²) in [6.07, 6.45) is 0. The van der Waals surface area contributed by atoms with Gasteiger partial charge in [-0.15, -0.1) is 0 Å². The van der Waals surface area contributed by atoms with E-state index in [1.165, 1.54) is 0 Å². The zero-order chi connectivity index (χ0) is 15.4. The van der Waals surface area contributed by atoms with Crippen molar-refractivity contribution in [3.63, 3.8) is 0 Å². The summed E-state index contributed by atoms with van der Waals surface area (Å²) in [4.78, 5) is 0. The molecule has 5 heteroatoms. The monoisotopic (exact) mass is 298 g/mol. The molecule has 0 atom stereocenters. The van der Waals surface area contributed by atoms with Crippen molar-refractivity contribution >= 4 is 8.32 Å². The first-order valence-corrected chi connectivity index (χ1v) is 9.61. The Morgan fingerprint density at radius 2 is 1.70 bits per heavy atom. The lowest BCUT2D eigenvalue weighted by molar-refractivity contribution is 0.0491. The van der Waals surface area contributed by atoms with Gasteiger partial charge in [0, 0.05) is 13.2 Å². The molecule has 0 fully saturated rings. The maximum absolute atomic E-state index is 6.24. The van der Waals surface area contributed by atoms with Gasteiger partial charge in [-0.25, -0.2) is 0 Å². The molecule has 0 aliphatic rings. The van der Waals surface area contributed by atoms with Crippen molar-refractivity contribution in [1.82, 2.24) is 0 Å². The first kappa shape index (κ1) is 16.9.